The zero-order chi connectivity index (χ0) is 29.0. The number of amides is 1. The predicted molar refractivity (Wildman–Crippen MR) is 167 cm³/mol. The summed E-state index contributed by atoms with van der Waals surface area (Å²) in [5.74, 6) is 0.873. The molecule has 1 amide bonds. The molecule has 208 valence electrons. The monoisotopic (exact) mass is 656 g/mol. The van der Waals surface area contributed by atoms with Crippen molar-refractivity contribution in [3.63, 3.8) is 0 Å². The van der Waals surface area contributed by atoms with Crippen LogP contribution in [0, 0.1) is 6.92 Å². The molecular weight excluding hydrogens is 620 g/mol. The van der Waals surface area contributed by atoms with Crippen molar-refractivity contribution in [3.8, 4) is 11.5 Å². The fourth-order valence-electron chi connectivity index (χ4n) is 4.22. The number of hydrogen-bond donors (Lipinski definition) is 2. The number of rotatable bonds is 8. The van der Waals surface area contributed by atoms with E-state index in [1.807, 2.05) is 36.4 Å². The van der Waals surface area contributed by atoms with Gasteiger partial charge in [-0.3, -0.25) is 4.79 Å². The second-order valence-electron chi connectivity index (χ2n) is 11.9. The molecule has 0 aliphatic heterocycles. The van der Waals surface area contributed by atoms with Crippen molar-refractivity contribution in [1.29, 1.82) is 0 Å². The number of aromatic hydroxyl groups is 1. The number of nitrogens with one attached hydrogen (secondary N) is 1. The van der Waals surface area contributed by atoms with Crippen LogP contribution >= 0.6 is 31.9 Å². The normalized spacial score (nSPS) is 12.1. The topological polar surface area (TPSA) is 70.9 Å². The molecule has 2 N–H and O–H groups in total. The second-order valence-corrected chi connectivity index (χ2v) is 13.6. The number of hydrogen-bond acceptors (Lipinski definition) is 4. The summed E-state index contributed by atoms with van der Waals surface area (Å²) in [5.41, 5.74) is 8.11. The first-order valence-electron chi connectivity index (χ1n) is 13.0. The quantitative estimate of drug-likeness (QED) is 0.189. The summed E-state index contributed by atoms with van der Waals surface area (Å²) in [5, 5.41) is 15.1. The van der Waals surface area contributed by atoms with E-state index in [4.69, 9.17) is 4.74 Å². The fraction of sp³-hybridized carbons (Fsp3) is 0.375. The molecule has 39 heavy (non-hydrogen) atoms. The van der Waals surface area contributed by atoms with Crippen LogP contribution in [0.25, 0.3) is 0 Å². The Morgan fingerprint density at radius 2 is 1.54 bits per heavy atom. The van der Waals surface area contributed by atoms with Gasteiger partial charge in [-0.05, 0) is 96.0 Å². The maximum absolute atomic E-state index is 12.6. The van der Waals surface area contributed by atoms with Gasteiger partial charge in [-0.25, -0.2) is 5.43 Å². The van der Waals surface area contributed by atoms with Crippen LogP contribution < -0.4 is 10.2 Å². The molecule has 3 aromatic rings. The molecule has 0 radical (unpaired) electrons. The van der Waals surface area contributed by atoms with Crippen molar-refractivity contribution in [1.82, 2.24) is 5.43 Å². The van der Waals surface area contributed by atoms with Gasteiger partial charge in [-0.2, -0.15) is 5.10 Å². The minimum atomic E-state index is -0.212. The number of carbonyl (C=O) groups excluding carboxylic acids is 1. The molecule has 3 aromatic carbocycles. The second kappa shape index (κ2) is 12.7. The van der Waals surface area contributed by atoms with Gasteiger partial charge in [0.25, 0.3) is 0 Å². The van der Waals surface area contributed by atoms with Crippen LogP contribution in [0.15, 0.2) is 62.6 Å². The van der Waals surface area contributed by atoms with E-state index in [0.29, 0.717) is 24.5 Å². The molecule has 0 atom stereocenters. The summed E-state index contributed by atoms with van der Waals surface area (Å²) in [7, 11) is 0. The molecular formula is C32H38Br2N2O3. The highest BCUT2D eigenvalue weighted by Gasteiger charge is 2.26. The van der Waals surface area contributed by atoms with Gasteiger partial charge in [-0.1, -0.05) is 83.5 Å². The van der Waals surface area contributed by atoms with Crippen LogP contribution in [0.4, 0.5) is 0 Å². The molecule has 0 aliphatic carbocycles. The minimum Gasteiger partial charge on any atom is -0.507 e. The van der Waals surface area contributed by atoms with Crippen LogP contribution in [-0.4, -0.2) is 17.2 Å². The third-order valence-corrected chi connectivity index (χ3v) is 7.49. The molecule has 0 fully saturated rings. The molecule has 0 aromatic heterocycles. The molecule has 0 heterocycles. The standard InChI is InChI=1S/C32H38Br2N2O3/c1-20-9-8-10-22(13-20)19-39-30-26(33)16-23(17-27(30)34)18-35-36-28(37)12-11-21-14-24(31(2,3)4)29(38)25(15-21)32(5,6)7/h8-10,13-18,38H,11-12,19H2,1-7H3,(H,36,37)/b35-18-. The van der Waals surface area contributed by atoms with E-state index in [-0.39, 0.29) is 23.2 Å². The summed E-state index contributed by atoms with van der Waals surface area (Å²) < 4.78 is 7.59. The molecule has 7 heteroatoms. The molecule has 0 spiro atoms. The zero-order valence-electron chi connectivity index (χ0n) is 23.8. The highest BCUT2D eigenvalue weighted by molar-refractivity contribution is 9.11. The number of phenols is 1. The Morgan fingerprint density at radius 3 is 2.08 bits per heavy atom. The van der Waals surface area contributed by atoms with Crippen LogP contribution in [0.5, 0.6) is 11.5 Å². The molecule has 0 aliphatic rings. The number of nitrogens with zero attached hydrogens (tertiary/aromatic N) is 1. The van der Waals surface area contributed by atoms with Crippen LogP contribution in [0.2, 0.25) is 0 Å². The van der Waals surface area contributed by atoms with Gasteiger partial charge in [0, 0.05) is 6.42 Å². The zero-order valence-corrected chi connectivity index (χ0v) is 27.0. The molecule has 0 unspecified atom stereocenters. The summed E-state index contributed by atoms with van der Waals surface area (Å²) in [6.07, 6.45) is 2.44. The number of hydrazone groups is 1. The number of carbonyl (C=O) groups is 1. The Labute approximate surface area is 249 Å². The van der Waals surface area contributed by atoms with Crippen LogP contribution in [0.1, 0.15) is 81.3 Å². The van der Waals surface area contributed by atoms with E-state index in [0.717, 1.165) is 36.8 Å². The Bertz CT molecular complexity index is 1310. The maximum atomic E-state index is 12.6. The van der Waals surface area contributed by atoms with Crippen molar-refractivity contribution in [2.24, 2.45) is 5.10 Å². The Balaban J connectivity index is 1.62. The number of benzene rings is 3. The minimum absolute atomic E-state index is 0.176. The largest absolute Gasteiger partial charge is 0.507 e. The van der Waals surface area contributed by atoms with E-state index in [1.54, 1.807) is 6.21 Å². The lowest BCUT2D eigenvalue weighted by atomic mass is 9.78. The van der Waals surface area contributed by atoms with E-state index in [9.17, 15) is 9.90 Å². The molecule has 3 rings (SSSR count). The van der Waals surface area contributed by atoms with E-state index >= 15 is 0 Å². The van der Waals surface area contributed by atoms with Crippen molar-refractivity contribution in [2.75, 3.05) is 0 Å². The third kappa shape index (κ3) is 8.67. The summed E-state index contributed by atoms with van der Waals surface area (Å²) in [6, 6.07) is 16.0. The van der Waals surface area contributed by atoms with Gasteiger partial charge in [0.05, 0.1) is 15.2 Å². The van der Waals surface area contributed by atoms with Gasteiger partial charge in [0.15, 0.2) is 0 Å². The lowest BCUT2D eigenvalue weighted by Gasteiger charge is -2.28. The highest BCUT2D eigenvalue weighted by atomic mass is 79.9. The van der Waals surface area contributed by atoms with Gasteiger partial charge < -0.3 is 9.84 Å². The molecule has 0 saturated heterocycles. The lowest BCUT2D eigenvalue weighted by Crippen LogP contribution is -2.20. The van der Waals surface area contributed by atoms with Gasteiger partial charge in [0.1, 0.15) is 18.1 Å². The third-order valence-electron chi connectivity index (χ3n) is 6.32. The first kappa shape index (κ1) is 30.9. The maximum Gasteiger partial charge on any atom is 0.240 e. The predicted octanol–water partition coefficient (Wildman–Crippen LogP) is 8.48. The fourth-order valence-corrected chi connectivity index (χ4v) is 5.67. The number of halogens is 2. The SMILES string of the molecule is Cc1cccc(COc2c(Br)cc(/C=N\NC(=O)CCc3cc(C(C)(C)C)c(O)c(C(C)(C)C)c3)cc2Br)c1. The molecule has 0 bridgehead atoms. The average molecular weight is 658 g/mol. The number of phenolic OH excluding ortho intramolecular Hbond substituents is 1. The van der Waals surface area contributed by atoms with E-state index < -0.39 is 0 Å². The van der Waals surface area contributed by atoms with Crippen LogP contribution in [0.3, 0.4) is 0 Å². The first-order chi connectivity index (χ1) is 18.1. The summed E-state index contributed by atoms with van der Waals surface area (Å²) in [6.45, 7) is 15.0. The highest BCUT2D eigenvalue weighted by Crippen LogP contribution is 2.40. The number of aryl methyl sites for hydroxylation is 2. The van der Waals surface area contributed by atoms with E-state index in [1.165, 1.54) is 5.56 Å². The molecule has 0 saturated carbocycles. The van der Waals surface area contributed by atoms with Gasteiger partial charge >= 0.3 is 0 Å². The van der Waals surface area contributed by atoms with Crippen molar-refractivity contribution >= 4 is 44.0 Å². The average Bonchev–Trinajstić information content (AvgIpc) is 2.81. The van der Waals surface area contributed by atoms with Gasteiger partial charge in [0.2, 0.25) is 5.91 Å². The molecule has 5 nitrogen and oxygen atoms in total. The van der Waals surface area contributed by atoms with Crippen molar-refractivity contribution < 1.29 is 14.6 Å². The summed E-state index contributed by atoms with van der Waals surface area (Å²) in [4.78, 5) is 12.6. The van der Waals surface area contributed by atoms with Gasteiger partial charge in [-0.15, -0.1) is 0 Å². The van der Waals surface area contributed by atoms with E-state index in [2.05, 4.69) is 103 Å². The lowest BCUT2D eigenvalue weighted by molar-refractivity contribution is -0.121. The van der Waals surface area contributed by atoms with Crippen molar-refractivity contribution in [3.05, 3.63) is 90.9 Å². The number of ether oxygens (including phenoxy) is 1. The van der Waals surface area contributed by atoms with Crippen molar-refractivity contribution in [2.45, 2.75) is 78.7 Å². The van der Waals surface area contributed by atoms with Crippen LogP contribution in [-0.2, 0) is 28.7 Å². The Morgan fingerprint density at radius 1 is 0.949 bits per heavy atom. The first-order valence-corrected chi connectivity index (χ1v) is 14.6. The summed E-state index contributed by atoms with van der Waals surface area (Å²) >= 11 is 7.16. The smallest absolute Gasteiger partial charge is 0.240 e. The Hall–Kier alpha value is -2.64. The Kier molecular flexibility index (Phi) is 10.1.